The molecule has 0 amide bonds. The van der Waals surface area contributed by atoms with Gasteiger partial charge in [-0.05, 0) is 43.9 Å². The third-order valence-electron chi connectivity index (χ3n) is 3.27. The van der Waals surface area contributed by atoms with E-state index in [1.807, 2.05) is 12.1 Å². The van der Waals surface area contributed by atoms with Crippen LogP contribution in [0, 0.1) is 0 Å². The molecule has 1 aromatic rings. The third kappa shape index (κ3) is 3.06. The molecule has 1 fully saturated rings. The summed E-state index contributed by atoms with van der Waals surface area (Å²) in [6.45, 7) is 1.77. The van der Waals surface area contributed by atoms with Crippen molar-refractivity contribution in [3.63, 3.8) is 0 Å². The topological polar surface area (TPSA) is 32.3 Å². The minimum absolute atomic E-state index is 0.506. The standard InChI is InChI=1S/C13H18BrNO/c14-12-5-2-1-4-11(12)6-8-13(16)7-3-9-15-10-13/h1-2,4-5,15-16H,3,6-10H2. The molecular formula is C13H18BrNO. The molecule has 0 bridgehead atoms. The molecule has 0 saturated carbocycles. The fourth-order valence-corrected chi connectivity index (χ4v) is 2.72. The number of rotatable bonds is 3. The number of hydrogen-bond donors (Lipinski definition) is 2. The van der Waals surface area contributed by atoms with Crippen molar-refractivity contribution in [1.82, 2.24) is 5.32 Å². The zero-order chi connectivity index (χ0) is 11.4. The number of benzene rings is 1. The van der Waals surface area contributed by atoms with Crippen molar-refractivity contribution in [3.05, 3.63) is 34.3 Å². The monoisotopic (exact) mass is 283 g/mol. The van der Waals surface area contributed by atoms with Gasteiger partial charge in [0.25, 0.3) is 0 Å². The summed E-state index contributed by atoms with van der Waals surface area (Å²) in [7, 11) is 0. The fourth-order valence-electron chi connectivity index (χ4n) is 2.23. The highest BCUT2D eigenvalue weighted by Gasteiger charge is 2.28. The van der Waals surface area contributed by atoms with Gasteiger partial charge in [-0.2, -0.15) is 0 Å². The molecular weight excluding hydrogens is 266 g/mol. The zero-order valence-corrected chi connectivity index (χ0v) is 11.0. The van der Waals surface area contributed by atoms with Gasteiger partial charge < -0.3 is 10.4 Å². The number of halogens is 1. The Morgan fingerprint density at radius 2 is 2.19 bits per heavy atom. The van der Waals surface area contributed by atoms with Crippen molar-refractivity contribution in [3.8, 4) is 0 Å². The molecule has 1 unspecified atom stereocenters. The highest BCUT2D eigenvalue weighted by molar-refractivity contribution is 9.10. The lowest BCUT2D eigenvalue weighted by molar-refractivity contribution is 0.00885. The van der Waals surface area contributed by atoms with Gasteiger partial charge >= 0.3 is 0 Å². The molecule has 0 spiro atoms. The van der Waals surface area contributed by atoms with Crippen LogP contribution in [0.2, 0.25) is 0 Å². The summed E-state index contributed by atoms with van der Waals surface area (Å²) in [5, 5.41) is 13.6. The summed E-state index contributed by atoms with van der Waals surface area (Å²) in [5.74, 6) is 0. The third-order valence-corrected chi connectivity index (χ3v) is 4.04. The smallest absolute Gasteiger partial charge is 0.0775 e. The number of hydrogen-bond acceptors (Lipinski definition) is 2. The van der Waals surface area contributed by atoms with Crippen LogP contribution in [0.1, 0.15) is 24.8 Å². The molecule has 1 aliphatic heterocycles. The normalized spacial score (nSPS) is 25.6. The molecule has 1 aliphatic rings. The van der Waals surface area contributed by atoms with E-state index in [-0.39, 0.29) is 0 Å². The Labute approximate surface area is 105 Å². The predicted octanol–water partition coefficient (Wildman–Crippen LogP) is 2.50. The number of nitrogens with one attached hydrogen (secondary N) is 1. The van der Waals surface area contributed by atoms with Gasteiger partial charge in [0.05, 0.1) is 5.60 Å². The molecule has 2 nitrogen and oxygen atoms in total. The first-order chi connectivity index (χ1) is 7.70. The van der Waals surface area contributed by atoms with Gasteiger partial charge in [-0.1, -0.05) is 34.1 Å². The van der Waals surface area contributed by atoms with E-state index in [0.29, 0.717) is 0 Å². The first kappa shape index (κ1) is 12.1. The van der Waals surface area contributed by atoms with E-state index in [1.165, 1.54) is 5.56 Å². The molecule has 3 heteroatoms. The maximum atomic E-state index is 10.3. The van der Waals surface area contributed by atoms with Gasteiger partial charge in [-0.3, -0.25) is 0 Å². The van der Waals surface area contributed by atoms with Gasteiger partial charge in [0.2, 0.25) is 0 Å². The Bertz CT molecular complexity index is 348. The first-order valence-corrected chi connectivity index (χ1v) is 6.65. The van der Waals surface area contributed by atoms with Crippen molar-refractivity contribution in [1.29, 1.82) is 0 Å². The van der Waals surface area contributed by atoms with E-state index in [1.54, 1.807) is 0 Å². The molecule has 1 saturated heterocycles. The van der Waals surface area contributed by atoms with E-state index >= 15 is 0 Å². The summed E-state index contributed by atoms with van der Waals surface area (Å²) in [4.78, 5) is 0. The van der Waals surface area contributed by atoms with Crippen molar-refractivity contribution >= 4 is 15.9 Å². The average Bonchev–Trinajstić information content (AvgIpc) is 2.29. The van der Waals surface area contributed by atoms with Crippen molar-refractivity contribution in [2.75, 3.05) is 13.1 Å². The maximum absolute atomic E-state index is 10.3. The highest BCUT2D eigenvalue weighted by atomic mass is 79.9. The van der Waals surface area contributed by atoms with Crippen LogP contribution in [0.3, 0.4) is 0 Å². The number of aliphatic hydroxyl groups is 1. The van der Waals surface area contributed by atoms with Crippen LogP contribution in [0.15, 0.2) is 28.7 Å². The molecule has 0 radical (unpaired) electrons. The minimum atomic E-state index is -0.506. The second-order valence-corrected chi connectivity index (χ2v) is 5.45. The minimum Gasteiger partial charge on any atom is -0.389 e. The largest absolute Gasteiger partial charge is 0.389 e. The van der Waals surface area contributed by atoms with E-state index in [9.17, 15) is 5.11 Å². The molecule has 1 atom stereocenters. The predicted molar refractivity (Wildman–Crippen MR) is 69.5 cm³/mol. The van der Waals surface area contributed by atoms with Crippen LogP contribution in [0.5, 0.6) is 0 Å². The molecule has 88 valence electrons. The zero-order valence-electron chi connectivity index (χ0n) is 9.38. The summed E-state index contributed by atoms with van der Waals surface area (Å²) < 4.78 is 1.14. The van der Waals surface area contributed by atoms with Gasteiger partial charge in [-0.25, -0.2) is 0 Å². The van der Waals surface area contributed by atoms with E-state index < -0.39 is 5.60 Å². The molecule has 2 rings (SSSR count). The van der Waals surface area contributed by atoms with Gasteiger partial charge in [0.1, 0.15) is 0 Å². The first-order valence-electron chi connectivity index (χ1n) is 5.86. The molecule has 2 N–H and O–H groups in total. The number of piperidine rings is 1. The lowest BCUT2D eigenvalue weighted by Crippen LogP contribution is -2.45. The van der Waals surface area contributed by atoms with Crippen LogP contribution >= 0.6 is 15.9 Å². The summed E-state index contributed by atoms with van der Waals surface area (Å²) >= 11 is 3.54. The Balaban J connectivity index is 1.94. The van der Waals surface area contributed by atoms with Crippen LogP contribution in [-0.4, -0.2) is 23.8 Å². The van der Waals surface area contributed by atoms with E-state index in [0.717, 1.165) is 43.2 Å². The summed E-state index contributed by atoms with van der Waals surface area (Å²) in [5.41, 5.74) is 0.773. The van der Waals surface area contributed by atoms with Crippen molar-refractivity contribution in [2.24, 2.45) is 0 Å². The van der Waals surface area contributed by atoms with Crippen molar-refractivity contribution < 1.29 is 5.11 Å². The Morgan fingerprint density at radius 3 is 2.88 bits per heavy atom. The Kier molecular flexibility index (Phi) is 4.00. The SMILES string of the molecule is OC1(CCc2ccccc2Br)CCCNC1. The molecule has 0 aliphatic carbocycles. The van der Waals surface area contributed by atoms with Gasteiger partial charge in [-0.15, -0.1) is 0 Å². The lowest BCUT2D eigenvalue weighted by Gasteiger charge is -2.32. The Hall–Kier alpha value is -0.380. The van der Waals surface area contributed by atoms with E-state index in [4.69, 9.17) is 0 Å². The molecule has 0 aromatic heterocycles. The van der Waals surface area contributed by atoms with Crippen LogP contribution in [-0.2, 0) is 6.42 Å². The molecule has 16 heavy (non-hydrogen) atoms. The van der Waals surface area contributed by atoms with Crippen LogP contribution in [0.4, 0.5) is 0 Å². The quantitative estimate of drug-likeness (QED) is 0.894. The van der Waals surface area contributed by atoms with Crippen LogP contribution in [0.25, 0.3) is 0 Å². The Morgan fingerprint density at radius 1 is 1.38 bits per heavy atom. The van der Waals surface area contributed by atoms with Gasteiger partial charge in [0, 0.05) is 11.0 Å². The number of β-amino-alcohol motifs (C(OH)–C–C–N with tert-alkyl or cyclic N) is 1. The molecule has 1 aromatic carbocycles. The second-order valence-electron chi connectivity index (χ2n) is 4.60. The number of aryl methyl sites for hydroxylation is 1. The van der Waals surface area contributed by atoms with Gasteiger partial charge in [0.15, 0.2) is 0 Å². The molecule has 1 heterocycles. The van der Waals surface area contributed by atoms with E-state index in [2.05, 4.69) is 33.4 Å². The summed E-state index contributed by atoms with van der Waals surface area (Å²) in [6.07, 6.45) is 3.76. The maximum Gasteiger partial charge on any atom is 0.0775 e. The summed E-state index contributed by atoms with van der Waals surface area (Å²) in [6, 6.07) is 8.23. The average molecular weight is 284 g/mol. The lowest BCUT2D eigenvalue weighted by atomic mass is 9.88. The van der Waals surface area contributed by atoms with Crippen molar-refractivity contribution in [2.45, 2.75) is 31.3 Å². The second kappa shape index (κ2) is 5.30. The van der Waals surface area contributed by atoms with Crippen LogP contribution < -0.4 is 5.32 Å². The fraction of sp³-hybridized carbons (Fsp3) is 0.538. The highest BCUT2D eigenvalue weighted by Crippen LogP contribution is 2.24.